The first-order chi connectivity index (χ1) is 14.1. The summed E-state index contributed by atoms with van der Waals surface area (Å²) in [6.45, 7) is 8.18. The van der Waals surface area contributed by atoms with Crippen molar-refractivity contribution in [3.8, 4) is 0 Å². The lowest BCUT2D eigenvalue weighted by Gasteiger charge is -2.50. The number of hydrogen-bond donors (Lipinski definition) is 1. The maximum absolute atomic E-state index is 10.4. The van der Waals surface area contributed by atoms with Crippen molar-refractivity contribution in [1.29, 1.82) is 0 Å². The zero-order chi connectivity index (χ0) is 20.7. The summed E-state index contributed by atoms with van der Waals surface area (Å²) < 4.78 is 17.6. The van der Waals surface area contributed by atoms with E-state index < -0.39 is 0 Å². The Bertz CT molecular complexity index is 683. The molecule has 0 unspecified atom stereocenters. The van der Waals surface area contributed by atoms with Crippen molar-refractivity contribution in [2.75, 3.05) is 20.5 Å². The second kappa shape index (κ2) is 10.5. The van der Waals surface area contributed by atoms with Crippen molar-refractivity contribution in [3.05, 3.63) is 59.7 Å². The molecule has 2 aliphatic rings. The third-order valence-electron chi connectivity index (χ3n) is 6.56. The van der Waals surface area contributed by atoms with Gasteiger partial charge in [-0.25, -0.2) is 0 Å². The van der Waals surface area contributed by atoms with E-state index in [1.165, 1.54) is 11.1 Å². The van der Waals surface area contributed by atoms with E-state index >= 15 is 0 Å². The first-order valence-corrected chi connectivity index (χ1v) is 10.9. The van der Waals surface area contributed by atoms with Crippen LogP contribution in [0.5, 0.6) is 0 Å². The van der Waals surface area contributed by atoms with Gasteiger partial charge in [-0.3, -0.25) is 0 Å². The van der Waals surface area contributed by atoms with Crippen molar-refractivity contribution in [2.24, 2.45) is 11.8 Å². The molecule has 1 N–H and O–H groups in total. The smallest absolute Gasteiger partial charge is 0.147 e. The third kappa shape index (κ3) is 5.37. The van der Waals surface area contributed by atoms with Gasteiger partial charge in [0.15, 0.2) is 0 Å². The summed E-state index contributed by atoms with van der Waals surface area (Å²) in [5.41, 5.74) is 3.27. The zero-order valence-corrected chi connectivity index (χ0v) is 17.9. The number of aliphatic hydroxyl groups excluding tert-OH is 1. The van der Waals surface area contributed by atoms with E-state index in [0.29, 0.717) is 25.6 Å². The van der Waals surface area contributed by atoms with E-state index in [0.717, 1.165) is 37.7 Å². The number of methoxy groups -OCH3 is 1. The number of aliphatic hydroxyl groups is 1. The molecule has 4 atom stereocenters. The number of hydrogen-bond acceptors (Lipinski definition) is 4. The molecule has 160 valence electrons. The van der Waals surface area contributed by atoms with Crippen molar-refractivity contribution < 1.29 is 19.3 Å². The second-order valence-electron chi connectivity index (χ2n) is 8.51. The molecule has 4 nitrogen and oxygen atoms in total. The molecule has 4 heteroatoms. The van der Waals surface area contributed by atoms with Gasteiger partial charge in [0.25, 0.3) is 0 Å². The molecule has 0 spiro atoms. The van der Waals surface area contributed by atoms with E-state index in [-0.39, 0.29) is 24.4 Å². The number of rotatable bonds is 8. The maximum Gasteiger partial charge on any atom is 0.147 e. The Morgan fingerprint density at radius 1 is 1.21 bits per heavy atom. The van der Waals surface area contributed by atoms with Crippen LogP contribution in [0.4, 0.5) is 0 Å². The molecular weight excluding hydrogens is 364 g/mol. The summed E-state index contributed by atoms with van der Waals surface area (Å²) in [5, 5.41) is 10.4. The zero-order valence-electron chi connectivity index (χ0n) is 17.9. The molecule has 2 bridgehead atoms. The lowest BCUT2D eigenvalue weighted by Crippen LogP contribution is -2.49. The van der Waals surface area contributed by atoms with Crippen LogP contribution < -0.4 is 0 Å². The highest BCUT2D eigenvalue weighted by Gasteiger charge is 2.48. The van der Waals surface area contributed by atoms with Crippen LogP contribution in [-0.2, 0) is 20.8 Å². The fraction of sp³-hybridized carbons (Fsp3) is 0.600. The van der Waals surface area contributed by atoms with Gasteiger partial charge in [-0.05, 0) is 55.6 Å². The molecular formula is C25H36O4. The van der Waals surface area contributed by atoms with Crippen molar-refractivity contribution >= 4 is 0 Å². The molecule has 0 amide bonds. The summed E-state index contributed by atoms with van der Waals surface area (Å²) in [7, 11) is 1.67. The first kappa shape index (κ1) is 22.2. The number of fused-ring (bicyclic) bond motifs is 2. The van der Waals surface area contributed by atoms with Crippen molar-refractivity contribution in [3.63, 3.8) is 0 Å². The summed E-state index contributed by atoms with van der Waals surface area (Å²) in [4.78, 5) is 0. The molecule has 3 rings (SSSR count). The minimum Gasteiger partial charge on any atom is -0.393 e. The van der Waals surface area contributed by atoms with Gasteiger partial charge in [-0.15, -0.1) is 0 Å². The number of ether oxygens (including phenoxy) is 3. The molecule has 2 fully saturated rings. The average Bonchev–Trinajstić information content (AvgIpc) is 2.72. The van der Waals surface area contributed by atoms with Gasteiger partial charge in [0.1, 0.15) is 6.79 Å². The highest BCUT2D eigenvalue weighted by Crippen LogP contribution is 2.51. The predicted molar refractivity (Wildman–Crippen MR) is 115 cm³/mol. The van der Waals surface area contributed by atoms with E-state index in [1.807, 2.05) is 18.2 Å². The fourth-order valence-corrected chi connectivity index (χ4v) is 4.97. The monoisotopic (exact) mass is 400 g/mol. The Morgan fingerprint density at radius 3 is 2.76 bits per heavy atom. The van der Waals surface area contributed by atoms with Crippen LogP contribution in [0.25, 0.3) is 0 Å². The Hall–Kier alpha value is -1.46. The molecule has 0 radical (unpaired) electrons. The van der Waals surface area contributed by atoms with Crippen LogP contribution in [0.3, 0.4) is 0 Å². The molecule has 1 aromatic rings. The van der Waals surface area contributed by atoms with Gasteiger partial charge in [0, 0.05) is 13.0 Å². The van der Waals surface area contributed by atoms with Crippen LogP contribution in [0.2, 0.25) is 0 Å². The van der Waals surface area contributed by atoms with E-state index in [1.54, 1.807) is 7.11 Å². The van der Waals surface area contributed by atoms with Gasteiger partial charge >= 0.3 is 0 Å². The molecule has 2 saturated carbocycles. The SMILES string of the molecule is C=C1C[C@@H](O)CC[C@]2(OCOC)/C(=C/CCOCc3ccccc3)[C@H]1CC[C@H]2C. The van der Waals surface area contributed by atoms with Crippen LogP contribution >= 0.6 is 0 Å². The van der Waals surface area contributed by atoms with Gasteiger partial charge in [-0.1, -0.05) is 55.5 Å². The quantitative estimate of drug-likeness (QED) is 0.378. The normalized spacial score (nSPS) is 31.5. The van der Waals surface area contributed by atoms with E-state index in [9.17, 15) is 5.11 Å². The Labute approximate surface area is 175 Å². The van der Waals surface area contributed by atoms with Crippen LogP contribution in [0.1, 0.15) is 51.0 Å². The van der Waals surface area contributed by atoms with Crippen LogP contribution in [-0.4, -0.2) is 37.3 Å². The van der Waals surface area contributed by atoms with Gasteiger partial charge < -0.3 is 19.3 Å². The van der Waals surface area contributed by atoms with Crippen molar-refractivity contribution in [1.82, 2.24) is 0 Å². The largest absolute Gasteiger partial charge is 0.393 e. The van der Waals surface area contributed by atoms with Gasteiger partial charge in [-0.2, -0.15) is 0 Å². The maximum atomic E-state index is 10.4. The molecule has 0 aromatic heterocycles. The van der Waals surface area contributed by atoms with Crippen molar-refractivity contribution in [2.45, 2.75) is 63.8 Å². The van der Waals surface area contributed by atoms with Crippen LogP contribution in [0, 0.1) is 11.8 Å². The molecule has 0 saturated heterocycles. The molecule has 0 aliphatic heterocycles. The predicted octanol–water partition coefficient (Wildman–Crippen LogP) is 5.03. The lowest BCUT2D eigenvalue weighted by molar-refractivity contribution is -0.154. The summed E-state index contributed by atoms with van der Waals surface area (Å²) in [5.74, 6) is 0.649. The van der Waals surface area contributed by atoms with Gasteiger partial charge in [0.05, 0.1) is 24.9 Å². The summed E-state index contributed by atoms with van der Waals surface area (Å²) >= 11 is 0. The molecule has 2 aliphatic carbocycles. The topological polar surface area (TPSA) is 47.9 Å². The third-order valence-corrected chi connectivity index (χ3v) is 6.56. The van der Waals surface area contributed by atoms with Gasteiger partial charge in [0.2, 0.25) is 0 Å². The fourth-order valence-electron chi connectivity index (χ4n) is 4.97. The van der Waals surface area contributed by atoms with Crippen LogP contribution in [0.15, 0.2) is 54.1 Å². The Balaban J connectivity index is 1.75. The lowest BCUT2D eigenvalue weighted by atomic mass is 9.61. The average molecular weight is 401 g/mol. The number of benzene rings is 1. The molecule has 1 aromatic carbocycles. The highest BCUT2D eigenvalue weighted by molar-refractivity contribution is 5.33. The Morgan fingerprint density at radius 2 is 2.00 bits per heavy atom. The summed E-state index contributed by atoms with van der Waals surface area (Å²) in [6.07, 6.45) is 7.23. The molecule has 29 heavy (non-hydrogen) atoms. The minimum absolute atomic E-state index is 0.265. The standard InChI is InChI=1S/C25H36O4/c1-19-16-22(26)13-14-25(29-18-27-3)20(2)11-12-23(19)24(25)10-7-15-28-17-21-8-5-4-6-9-21/h4-6,8-10,20,22-23,26H,1,7,11-18H2,2-3H3/b24-10+/t20-,22+,23+,25-/m1/s1. The molecule has 0 heterocycles. The highest BCUT2D eigenvalue weighted by atomic mass is 16.7. The Kier molecular flexibility index (Phi) is 8.07. The first-order valence-electron chi connectivity index (χ1n) is 10.9. The minimum atomic E-state index is -0.386. The second-order valence-corrected chi connectivity index (χ2v) is 8.51. The van der Waals surface area contributed by atoms with E-state index in [4.69, 9.17) is 14.2 Å². The van der Waals surface area contributed by atoms with E-state index in [2.05, 4.69) is 31.7 Å². The summed E-state index contributed by atoms with van der Waals surface area (Å²) in [6, 6.07) is 10.3.